The monoisotopic (exact) mass is 1380 g/mol. The summed E-state index contributed by atoms with van der Waals surface area (Å²) >= 11 is 0. The second kappa shape index (κ2) is 23.5. The van der Waals surface area contributed by atoms with Crippen LogP contribution in [0.25, 0.3) is 176 Å². The Bertz CT molecular complexity index is 6480. The summed E-state index contributed by atoms with van der Waals surface area (Å²) in [6, 6.07) is 128. The fourth-order valence-electron chi connectivity index (χ4n) is 20.0. The van der Waals surface area contributed by atoms with E-state index in [2.05, 4.69) is 395 Å². The second-order valence-corrected chi connectivity index (χ2v) is 33.0. The molecule has 0 unspecified atom stereocenters. The van der Waals surface area contributed by atoms with Gasteiger partial charge < -0.3 is 0 Å². The lowest BCUT2D eigenvalue weighted by molar-refractivity contribution is 0.659. The predicted molar refractivity (Wildman–Crippen MR) is 461 cm³/mol. The molecule has 0 heterocycles. The van der Waals surface area contributed by atoms with E-state index in [0.717, 1.165) is 0 Å². The molecule has 0 radical (unpaired) electrons. The van der Waals surface area contributed by atoms with Crippen LogP contribution in [0.4, 0.5) is 0 Å². The Labute approximate surface area is 633 Å². The minimum atomic E-state index is -0.203. The van der Waals surface area contributed by atoms with Gasteiger partial charge in [-0.2, -0.15) is 0 Å². The standard InChI is InChI=1S/C55H38.C53H42/c1-55(2)51-33-49(43-27-25-39-29-37(21-23-41(39)31-43)35-13-5-3-6-14-35)45-17-9-11-19-47(45)53(51)54-48-20-12-10-18-46(48)50(34-52(54)55)44-28-26-40-30-38(22-24-42(40)32-44)36-15-7-4-8-16-36;1-51(2)43-21-13-11-17-35(43)37-25-23-31(27-45(37)51)41-29-47-49(39-19-9-7-15-33(39)41)50-40-20-10-8-16-34(40)42(30-48(50)53(47,5)6)32-24-26-38-36-18-12-14-22-44(36)52(3,4)46(38)28-32/h3-34H,1-2H3;7-30H,1-6H3. The molecule has 0 aromatic heterocycles. The summed E-state index contributed by atoms with van der Waals surface area (Å²) in [5.41, 5.74) is 37.1. The van der Waals surface area contributed by atoms with Crippen LogP contribution in [0.3, 0.4) is 0 Å². The molecule has 0 fully saturated rings. The molecular formula is C108H80. The number of rotatable bonds is 6. The van der Waals surface area contributed by atoms with Crippen LogP contribution < -0.4 is 0 Å². The van der Waals surface area contributed by atoms with Crippen molar-refractivity contribution in [3.63, 3.8) is 0 Å². The van der Waals surface area contributed by atoms with Gasteiger partial charge in [-0.3, -0.25) is 0 Å². The maximum Gasteiger partial charge on any atom is 0.0159 e. The van der Waals surface area contributed by atoms with E-state index < -0.39 is 0 Å². The highest BCUT2D eigenvalue weighted by molar-refractivity contribution is 6.19. The quantitative estimate of drug-likeness (QED) is 0.156. The lowest BCUT2D eigenvalue weighted by atomic mass is 9.78. The Morgan fingerprint density at radius 2 is 0.370 bits per heavy atom. The van der Waals surface area contributed by atoms with Crippen LogP contribution in [0.2, 0.25) is 0 Å². The van der Waals surface area contributed by atoms with E-state index in [1.54, 1.807) is 0 Å². The van der Waals surface area contributed by atoms with Crippen LogP contribution in [0.15, 0.2) is 340 Å². The molecule has 4 aliphatic carbocycles. The van der Waals surface area contributed by atoms with Crippen molar-refractivity contribution < 1.29 is 0 Å². The van der Waals surface area contributed by atoms with Gasteiger partial charge in [-0.1, -0.05) is 334 Å². The van der Waals surface area contributed by atoms with Crippen molar-refractivity contribution in [1.29, 1.82) is 0 Å². The third-order valence-corrected chi connectivity index (χ3v) is 25.7. The second-order valence-electron chi connectivity index (χ2n) is 33.0. The highest BCUT2D eigenvalue weighted by Crippen LogP contribution is 2.61. The molecule has 0 aliphatic heterocycles. The Hall–Kier alpha value is -12.5. The maximum absolute atomic E-state index is 2.54. The van der Waals surface area contributed by atoms with Crippen molar-refractivity contribution >= 4 is 64.6 Å². The van der Waals surface area contributed by atoms with Crippen molar-refractivity contribution in [1.82, 2.24) is 0 Å². The zero-order valence-corrected chi connectivity index (χ0v) is 62.3. The van der Waals surface area contributed by atoms with Gasteiger partial charge in [-0.15, -0.1) is 0 Å². The summed E-state index contributed by atoms with van der Waals surface area (Å²) in [6.07, 6.45) is 0. The van der Waals surface area contributed by atoms with Crippen LogP contribution >= 0.6 is 0 Å². The Morgan fingerprint density at radius 3 is 0.694 bits per heavy atom. The Balaban J connectivity index is 0.000000138. The fourth-order valence-corrected chi connectivity index (χ4v) is 20.0. The van der Waals surface area contributed by atoms with Gasteiger partial charge in [0.15, 0.2) is 0 Å². The molecule has 0 heteroatoms. The van der Waals surface area contributed by atoms with Crippen LogP contribution in [0, 0.1) is 0 Å². The van der Waals surface area contributed by atoms with Gasteiger partial charge in [0.05, 0.1) is 0 Å². The van der Waals surface area contributed by atoms with Gasteiger partial charge in [0, 0.05) is 21.7 Å². The largest absolute Gasteiger partial charge is 0.0622 e. The summed E-state index contributed by atoms with van der Waals surface area (Å²) in [5, 5.41) is 15.6. The van der Waals surface area contributed by atoms with E-state index in [9.17, 15) is 0 Å². The van der Waals surface area contributed by atoms with E-state index in [0.29, 0.717) is 0 Å². The van der Waals surface area contributed by atoms with Gasteiger partial charge >= 0.3 is 0 Å². The summed E-state index contributed by atoms with van der Waals surface area (Å²) in [5.74, 6) is 0. The summed E-state index contributed by atoms with van der Waals surface area (Å²) < 4.78 is 0. The molecule has 0 atom stereocenters. The molecule has 0 saturated heterocycles. The number of hydrogen-bond acceptors (Lipinski definition) is 0. The predicted octanol–water partition coefficient (Wildman–Crippen LogP) is 29.5. The normalized spacial score (nSPS) is 14.6. The number of fused-ring (bicyclic) bond motifs is 22. The van der Waals surface area contributed by atoms with Crippen molar-refractivity contribution in [3.05, 3.63) is 384 Å². The van der Waals surface area contributed by atoms with Gasteiger partial charge in [0.1, 0.15) is 0 Å². The highest BCUT2D eigenvalue weighted by atomic mass is 14.5. The molecular weight excluding hydrogens is 1300 g/mol. The Kier molecular flexibility index (Phi) is 13.9. The zero-order valence-electron chi connectivity index (χ0n) is 62.3. The number of benzene rings is 18. The van der Waals surface area contributed by atoms with Gasteiger partial charge in [0.25, 0.3) is 0 Å². The van der Waals surface area contributed by atoms with Gasteiger partial charge in [-0.05, 0) is 281 Å². The third-order valence-electron chi connectivity index (χ3n) is 25.7. The lowest BCUT2D eigenvalue weighted by Crippen LogP contribution is -2.16. The van der Waals surface area contributed by atoms with E-state index in [1.807, 2.05) is 0 Å². The van der Waals surface area contributed by atoms with Crippen LogP contribution in [-0.2, 0) is 21.7 Å². The molecule has 4 aliphatic rings. The molecule has 0 spiro atoms. The first-order valence-corrected chi connectivity index (χ1v) is 38.5. The first-order valence-electron chi connectivity index (χ1n) is 38.5. The molecule has 0 amide bonds. The lowest BCUT2D eigenvalue weighted by Gasteiger charge is -2.25. The average Bonchev–Trinajstić information content (AvgIpc) is 1.54. The fraction of sp³-hybridized carbons (Fsp3) is 0.111. The van der Waals surface area contributed by atoms with E-state index >= 15 is 0 Å². The summed E-state index contributed by atoms with van der Waals surface area (Å²) in [6.45, 7) is 19.3. The van der Waals surface area contributed by atoms with E-state index in [-0.39, 0.29) is 21.7 Å². The molecule has 108 heavy (non-hydrogen) atoms. The molecule has 0 bridgehead atoms. The molecule has 18 aromatic rings. The molecule has 18 aromatic carbocycles. The van der Waals surface area contributed by atoms with Gasteiger partial charge in [0.2, 0.25) is 0 Å². The van der Waals surface area contributed by atoms with E-state index in [1.165, 1.54) is 220 Å². The van der Waals surface area contributed by atoms with Crippen LogP contribution in [-0.4, -0.2) is 0 Å². The SMILES string of the molecule is CC1(C)c2cc(-c3ccc4cc(-c5ccccc5)ccc4c3)c3ccccc3c2-c2c1cc(-c1ccc3cc(-c4ccccc4)ccc3c1)c1ccccc21.CC1(C)c2ccccc2-c2ccc(-c3cc4c(c5ccccc35)-c3c(cc(-c5ccc6c(c5)C(C)(C)c5ccccc5-6)c5ccccc35)C4(C)C)cc21. The highest BCUT2D eigenvalue weighted by Gasteiger charge is 2.43. The maximum atomic E-state index is 2.54. The van der Waals surface area contributed by atoms with Gasteiger partial charge in [-0.25, -0.2) is 0 Å². The molecule has 512 valence electrons. The molecule has 22 rings (SSSR count). The van der Waals surface area contributed by atoms with E-state index in [4.69, 9.17) is 0 Å². The van der Waals surface area contributed by atoms with Crippen LogP contribution in [0.5, 0.6) is 0 Å². The minimum Gasteiger partial charge on any atom is -0.0622 e. The summed E-state index contributed by atoms with van der Waals surface area (Å²) in [7, 11) is 0. The minimum absolute atomic E-state index is 0.0468. The third kappa shape index (κ3) is 9.42. The first kappa shape index (κ1) is 63.9. The van der Waals surface area contributed by atoms with Crippen molar-refractivity contribution in [2.45, 2.75) is 77.0 Å². The zero-order chi connectivity index (χ0) is 72.7. The smallest absolute Gasteiger partial charge is 0.0159 e. The van der Waals surface area contributed by atoms with Crippen molar-refractivity contribution in [3.8, 4) is 111 Å². The topological polar surface area (TPSA) is 0 Å². The molecule has 0 N–H and O–H groups in total. The van der Waals surface area contributed by atoms with Crippen LogP contribution in [0.1, 0.15) is 99.9 Å². The first-order chi connectivity index (χ1) is 52.6. The Morgan fingerprint density at radius 1 is 0.139 bits per heavy atom. The average molecular weight is 1380 g/mol. The van der Waals surface area contributed by atoms with Crippen molar-refractivity contribution in [2.24, 2.45) is 0 Å². The van der Waals surface area contributed by atoms with Crippen molar-refractivity contribution in [2.75, 3.05) is 0 Å². The number of hydrogen-bond donors (Lipinski definition) is 0. The summed E-state index contributed by atoms with van der Waals surface area (Å²) in [4.78, 5) is 0. The molecule has 0 nitrogen and oxygen atoms in total. The molecule has 0 saturated carbocycles.